The number of nitrogens with zero attached hydrogens (tertiary/aromatic N) is 2. The molecule has 2 aromatic heterocycles. The van der Waals surface area contributed by atoms with Crippen LogP contribution in [-0.4, -0.2) is 22.1 Å². The molecule has 0 aliphatic heterocycles. The Labute approximate surface area is 153 Å². The Kier molecular flexibility index (Phi) is 5.20. The molecule has 0 aliphatic carbocycles. The van der Waals surface area contributed by atoms with Gasteiger partial charge in [-0.1, -0.05) is 30.7 Å². The second kappa shape index (κ2) is 7.37. The van der Waals surface area contributed by atoms with Crippen molar-refractivity contribution in [2.45, 2.75) is 26.3 Å². The summed E-state index contributed by atoms with van der Waals surface area (Å²) in [5.41, 5.74) is 1.44. The molecule has 1 unspecified atom stereocenters. The van der Waals surface area contributed by atoms with Gasteiger partial charge in [0.2, 0.25) is 0 Å². The van der Waals surface area contributed by atoms with Crippen LogP contribution in [0.4, 0.5) is 0 Å². The van der Waals surface area contributed by atoms with Crippen LogP contribution in [0.3, 0.4) is 0 Å². The Balaban J connectivity index is 2.16. The van der Waals surface area contributed by atoms with Gasteiger partial charge in [0.25, 0.3) is 5.56 Å². The van der Waals surface area contributed by atoms with Crippen LogP contribution in [-0.2, 0) is 9.53 Å². The van der Waals surface area contributed by atoms with Gasteiger partial charge in [-0.05, 0) is 31.0 Å². The van der Waals surface area contributed by atoms with Gasteiger partial charge in [0.15, 0.2) is 0 Å². The van der Waals surface area contributed by atoms with E-state index in [4.69, 9.17) is 16.3 Å². The van der Waals surface area contributed by atoms with Crippen LogP contribution < -0.4 is 5.56 Å². The molecule has 0 fully saturated rings. The maximum Gasteiger partial charge on any atom is 0.329 e. The first-order valence-electron chi connectivity index (χ1n) is 7.97. The summed E-state index contributed by atoms with van der Waals surface area (Å²) in [7, 11) is 0. The zero-order chi connectivity index (χ0) is 18.0. The van der Waals surface area contributed by atoms with E-state index in [9.17, 15) is 9.59 Å². The minimum Gasteiger partial charge on any atom is -0.464 e. The molecule has 0 aliphatic rings. The fourth-order valence-electron chi connectivity index (χ4n) is 2.72. The normalized spacial score (nSPS) is 12.3. The average Bonchev–Trinajstić information content (AvgIpc) is 3.03. The number of carbonyl (C=O) groups excluding carboxylic acids is 1. The number of fused-ring (bicyclic) bond motifs is 1. The van der Waals surface area contributed by atoms with E-state index >= 15 is 0 Å². The number of hydrogen-bond acceptors (Lipinski definition) is 5. The van der Waals surface area contributed by atoms with Crippen LogP contribution in [0.2, 0.25) is 5.02 Å². The number of thiophene rings is 1. The highest BCUT2D eigenvalue weighted by molar-refractivity contribution is 7.17. The van der Waals surface area contributed by atoms with E-state index in [0.29, 0.717) is 21.7 Å². The van der Waals surface area contributed by atoms with Crippen molar-refractivity contribution in [1.29, 1.82) is 0 Å². The molecule has 0 radical (unpaired) electrons. The Morgan fingerprint density at radius 1 is 1.32 bits per heavy atom. The van der Waals surface area contributed by atoms with Gasteiger partial charge in [-0.15, -0.1) is 11.3 Å². The Morgan fingerprint density at radius 3 is 2.68 bits per heavy atom. The maximum atomic E-state index is 13.1. The van der Waals surface area contributed by atoms with Gasteiger partial charge in [-0.25, -0.2) is 9.78 Å². The summed E-state index contributed by atoms with van der Waals surface area (Å²) in [6.45, 7) is 3.85. The van der Waals surface area contributed by atoms with Crippen molar-refractivity contribution in [2.24, 2.45) is 0 Å². The molecule has 25 heavy (non-hydrogen) atoms. The highest BCUT2D eigenvalue weighted by atomic mass is 35.5. The van der Waals surface area contributed by atoms with Gasteiger partial charge < -0.3 is 4.74 Å². The maximum absolute atomic E-state index is 13.1. The van der Waals surface area contributed by atoms with Gasteiger partial charge >= 0.3 is 5.97 Å². The lowest BCUT2D eigenvalue weighted by atomic mass is 10.1. The van der Waals surface area contributed by atoms with Crippen molar-refractivity contribution >= 4 is 39.1 Å². The molecular weight excluding hydrogens is 360 g/mol. The van der Waals surface area contributed by atoms with Crippen LogP contribution in [0.25, 0.3) is 21.3 Å². The van der Waals surface area contributed by atoms with Crippen molar-refractivity contribution in [3.63, 3.8) is 0 Å². The monoisotopic (exact) mass is 376 g/mol. The molecule has 5 nitrogen and oxygen atoms in total. The molecule has 2 heterocycles. The van der Waals surface area contributed by atoms with Crippen LogP contribution >= 0.6 is 22.9 Å². The molecular formula is C18H17ClN2O3S. The number of aromatic nitrogens is 2. The summed E-state index contributed by atoms with van der Waals surface area (Å²) in [4.78, 5) is 30.2. The number of hydrogen-bond donors (Lipinski definition) is 0. The SMILES string of the molecule is CCOC(=O)C(CC)n1cnc2scc(-c3ccc(Cl)cc3)c2c1=O. The van der Waals surface area contributed by atoms with Crippen molar-refractivity contribution < 1.29 is 9.53 Å². The van der Waals surface area contributed by atoms with Crippen molar-refractivity contribution in [2.75, 3.05) is 6.61 Å². The molecule has 3 rings (SSSR count). The largest absolute Gasteiger partial charge is 0.464 e. The fourth-order valence-corrected chi connectivity index (χ4v) is 3.76. The zero-order valence-corrected chi connectivity index (χ0v) is 15.4. The highest BCUT2D eigenvalue weighted by Gasteiger charge is 2.23. The zero-order valence-electron chi connectivity index (χ0n) is 13.9. The quantitative estimate of drug-likeness (QED) is 0.623. The first-order valence-corrected chi connectivity index (χ1v) is 9.23. The fraction of sp³-hybridized carbons (Fsp3) is 0.278. The van der Waals surface area contributed by atoms with Gasteiger partial charge in [-0.3, -0.25) is 9.36 Å². The summed E-state index contributed by atoms with van der Waals surface area (Å²) in [6, 6.07) is 6.61. The van der Waals surface area contributed by atoms with Crippen molar-refractivity contribution in [3.05, 3.63) is 51.3 Å². The molecule has 0 N–H and O–H groups in total. The standard InChI is InChI=1S/C18H17ClN2O3S/c1-3-14(18(23)24-4-2)21-10-20-16-15(17(21)22)13(9-25-16)11-5-7-12(19)8-6-11/h5-10,14H,3-4H2,1-2H3. The second-order valence-corrected chi connectivity index (χ2v) is 6.76. The molecule has 7 heteroatoms. The summed E-state index contributed by atoms with van der Waals surface area (Å²) >= 11 is 7.35. The van der Waals surface area contributed by atoms with E-state index in [0.717, 1.165) is 11.1 Å². The number of ether oxygens (including phenoxy) is 1. The smallest absolute Gasteiger partial charge is 0.329 e. The molecule has 0 saturated heterocycles. The third kappa shape index (κ3) is 3.32. The molecule has 1 atom stereocenters. The molecule has 0 bridgehead atoms. The lowest BCUT2D eigenvalue weighted by Crippen LogP contribution is -2.31. The molecule has 0 saturated carbocycles. The van der Waals surface area contributed by atoms with E-state index in [-0.39, 0.29) is 12.2 Å². The summed E-state index contributed by atoms with van der Waals surface area (Å²) in [5.74, 6) is -0.420. The van der Waals surface area contributed by atoms with E-state index in [1.807, 2.05) is 24.4 Å². The summed E-state index contributed by atoms with van der Waals surface area (Å²) in [5, 5.41) is 3.04. The van der Waals surface area contributed by atoms with Gasteiger partial charge in [0.1, 0.15) is 10.9 Å². The molecule has 1 aromatic carbocycles. The van der Waals surface area contributed by atoms with Gasteiger partial charge in [0, 0.05) is 16.0 Å². The highest BCUT2D eigenvalue weighted by Crippen LogP contribution is 2.31. The average molecular weight is 377 g/mol. The van der Waals surface area contributed by atoms with Gasteiger partial charge in [-0.2, -0.15) is 0 Å². The minimum absolute atomic E-state index is 0.240. The third-order valence-corrected chi connectivity index (χ3v) is 5.09. The van der Waals surface area contributed by atoms with E-state index in [1.165, 1.54) is 22.2 Å². The van der Waals surface area contributed by atoms with E-state index in [2.05, 4.69) is 4.98 Å². The molecule has 130 valence electrons. The molecule has 0 spiro atoms. The number of esters is 1. The number of benzene rings is 1. The number of carbonyl (C=O) groups is 1. The lowest BCUT2D eigenvalue weighted by Gasteiger charge is -2.16. The Morgan fingerprint density at radius 2 is 2.04 bits per heavy atom. The second-order valence-electron chi connectivity index (χ2n) is 5.47. The minimum atomic E-state index is -0.678. The van der Waals surface area contributed by atoms with Crippen LogP contribution in [0.1, 0.15) is 26.3 Å². The predicted molar refractivity (Wildman–Crippen MR) is 100 cm³/mol. The van der Waals surface area contributed by atoms with E-state index in [1.54, 1.807) is 19.1 Å². The Bertz CT molecular complexity index is 963. The van der Waals surface area contributed by atoms with Crippen molar-refractivity contribution in [3.8, 4) is 11.1 Å². The molecule has 0 amide bonds. The third-order valence-electron chi connectivity index (χ3n) is 3.96. The van der Waals surface area contributed by atoms with Crippen molar-refractivity contribution in [1.82, 2.24) is 9.55 Å². The first kappa shape index (κ1) is 17.6. The van der Waals surface area contributed by atoms with Gasteiger partial charge in [0.05, 0.1) is 18.3 Å². The number of rotatable bonds is 5. The lowest BCUT2D eigenvalue weighted by molar-refractivity contribution is -0.147. The first-order chi connectivity index (χ1) is 12.1. The predicted octanol–water partition coefficient (Wildman–Crippen LogP) is 4.29. The summed E-state index contributed by atoms with van der Waals surface area (Å²) in [6.07, 6.45) is 1.88. The number of halogens is 1. The van der Waals surface area contributed by atoms with E-state index < -0.39 is 12.0 Å². The van der Waals surface area contributed by atoms with Crippen LogP contribution in [0, 0.1) is 0 Å². The van der Waals surface area contributed by atoms with Crippen LogP contribution in [0.5, 0.6) is 0 Å². The Hall–Kier alpha value is -2.18. The molecule has 3 aromatic rings. The topological polar surface area (TPSA) is 61.2 Å². The summed E-state index contributed by atoms with van der Waals surface area (Å²) < 4.78 is 6.45. The van der Waals surface area contributed by atoms with Crippen LogP contribution in [0.15, 0.2) is 40.8 Å².